The largest absolute Gasteiger partial charge is 0.495 e. The molecule has 0 atom stereocenters. The molecule has 0 aromatic heterocycles. The standard InChI is InChI=1S/C16H14Cl2O2/c1-19-13-10-14(20-2)16(18)12(15(13)17)9-8-11-6-4-3-5-7-11/h3-10H,1-2H3/b9-8+. The molecular weight excluding hydrogens is 295 g/mol. The van der Waals surface area contributed by atoms with Crippen LogP contribution in [-0.4, -0.2) is 14.2 Å². The van der Waals surface area contributed by atoms with Crippen molar-refractivity contribution in [3.8, 4) is 11.5 Å². The third kappa shape index (κ3) is 3.09. The molecule has 0 bridgehead atoms. The van der Waals surface area contributed by atoms with Gasteiger partial charge in [-0.1, -0.05) is 65.7 Å². The summed E-state index contributed by atoms with van der Waals surface area (Å²) in [6.45, 7) is 0. The van der Waals surface area contributed by atoms with Crippen LogP contribution in [0.3, 0.4) is 0 Å². The fourth-order valence-electron chi connectivity index (χ4n) is 1.79. The Bertz CT molecular complexity index is 594. The van der Waals surface area contributed by atoms with Gasteiger partial charge in [-0.2, -0.15) is 0 Å². The highest BCUT2D eigenvalue weighted by atomic mass is 35.5. The second kappa shape index (κ2) is 6.69. The van der Waals surface area contributed by atoms with Crippen molar-refractivity contribution in [2.24, 2.45) is 0 Å². The fraction of sp³-hybridized carbons (Fsp3) is 0.125. The van der Waals surface area contributed by atoms with E-state index in [1.165, 1.54) is 0 Å². The van der Waals surface area contributed by atoms with Crippen molar-refractivity contribution in [3.63, 3.8) is 0 Å². The highest BCUT2D eigenvalue weighted by Gasteiger charge is 2.14. The highest BCUT2D eigenvalue weighted by Crippen LogP contribution is 2.41. The lowest BCUT2D eigenvalue weighted by molar-refractivity contribution is 0.394. The first-order valence-corrected chi connectivity index (χ1v) is 6.76. The molecule has 0 spiro atoms. The molecule has 20 heavy (non-hydrogen) atoms. The van der Waals surface area contributed by atoms with Gasteiger partial charge in [-0.05, 0) is 5.56 Å². The van der Waals surface area contributed by atoms with Crippen molar-refractivity contribution < 1.29 is 9.47 Å². The van der Waals surface area contributed by atoms with E-state index in [1.54, 1.807) is 20.3 Å². The summed E-state index contributed by atoms with van der Waals surface area (Å²) in [5, 5.41) is 0.927. The molecule has 0 radical (unpaired) electrons. The molecule has 2 aromatic carbocycles. The first-order chi connectivity index (χ1) is 9.67. The molecule has 0 amide bonds. The summed E-state index contributed by atoms with van der Waals surface area (Å²) in [4.78, 5) is 0. The van der Waals surface area contributed by atoms with E-state index in [1.807, 2.05) is 42.5 Å². The lowest BCUT2D eigenvalue weighted by atomic mass is 10.1. The fourth-order valence-corrected chi connectivity index (χ4v) is 2.42. The van der Waals surface area contributed by atoms with Crippen LogP contribution in [0.1, 0.15) is 11.1 Å². The second-order valence-electron chi connectivity index (χ2n) is 4.07. The molecular formula is C16H14Cl2O2. The lowest BCUT2D eigenvalue weighted by Gasteiger charge is -2.12. The molecule has 0 fully saturated rings. The van der Waals surface area contributed by atoms with Crippen LogP contribution in [0.25, 0.3) is 12.2 Å². The van der Waals surface area contributed by atoms with Crippen molar-refractivity contribution in [1.82, 2.24) is 0 Å². The van der Waals surface area contributed by atoms with E-state index in [0.29, 0.717) is 27.1 Å². The molecule has 2 rings (SSSR count). The molecule has 0 saturated heterocycles. The van der Waals surface area contributed by atoms with E-state index in [0.717, 1.165) is 5.56 Å². The van der Waals surface area contributed by atoms with Gasteiger partial charge < -0.3 is 9.47 Å². The van der Waals surface area contributed by atoms with Gasteiger partial charge in [-0.3, -0.25) is 0 Å². The van der Waals surface area contributed by atoms with Gasteiger partial charge in [0.25, 0.3) is 0 Å². The summed E-state index contributed by atoms with van der Waals surface area (Å²) in [5.74, 6) is 1.06. The Morgan fingerprint density at radius 2 is 1.40 bits per heavy atom. The maximum absolute atomic E-state index is 6.29. The van der Waals surface area contributed by atoms with E-state index >= 15 is 0 Å². The average molecular weight is 309 g/mol. The van der Waals surface area contributed by atoms with E-state index in [4.69, 9.17) is 32.7 Å². The summed E-state index contributed by atoms with van der Waals surface area (Å²) in [5.41, 5.74) is 1.73. The number of hydrogen-bond donors (Lipinski definition) is 0. The smallest absolute Gasteiger partial charge is 0.141 e. The van der Waals surface area contributed by atoms with Crippen molar-refractivity contribution in [1.29, 1.82) is 0 Å². The number of methoxy groups -OCH3 is 2. The summed E-state index contributed by atoms with van der Waals surface area (Å²) in [6, 6.07) is 11.6. The summed E-state index contributed by atoms with van der Waals surface area (Å²) in [7, 11) is 3.11. The minimum atomic E-state index is 0.463. The van der Waals surface area contributed by atoms with Crippen LogP contribution < -0.4 is 9.47 Å². The van der Waals surface area contributed by atoms with Gasteiger partial charge in [0.2, 0.25) is 0 Å². The molecule has 2 aromatic rings. The topological polar surface area (TPSA) is 18.5 Å². The first-order valence-electron chi connectivity index (χ1n) is 6.00. The van der Waals surface area contributed by atoms with Gasteiger partial charge in [0.15, 0.2) is 0 Å². The summed E-state index contributed by atoms with van der Waals surface area (Å²) >= 11 is 12.6. The number of benzene rings is 2. The molecule has 2 nitrogen and oxygen atoms in total. The second-order valence-corrected chi connectivity index (χ2v) is 4.82. The van der Waals surface area contributed by atoms with Crippen molar-refractivity contribution in [3.05, 3.63) is 57.6 Å². The predicted molar refractivity (Wildman–Crippen MR) is 84.9 cm³/mol. The van der Waals surface area contributed by atoms with E-state index in [2.05, 4.69) is 0 Å². The zero-order chi connectivity index (χ0) is 14.5. The molecule has 4 heteroatoms. The van der Waals surface area contributed by atoms with Crippen molar-refractivity contribution in [2.75, 3.05) is 14.2 Å². The van der Waals surface area contributed by atoms with Crippen LogP contribution in [0.5, 0.6) is 11.5 Å². The molecule has 0 saturated carbocycles. The van der Waals surface area contributed by atoms with Crippen LogP contribution >= 0.6 is 23.2 Å². The van der Waals surface area contributed by atoms with Crippen LogP contribution in [0.15, 0.2) is 36.4 Å². The van der Waals surface area contributed by atoms with Crippen molar-refractivity contribution in [2.45, 2.75) is 0 Å². The summed E-state index contributed by atoms with van der Waals surface area (Å²) < 4.78 is 10.5. The Labute approximate surface area is 128 Å². The van der Waals surface area contributed by atoms with Crippen LogP contribution in [0.4, 0.5) is 0 Å². The Hall–Kier alpha value is -1.64. The normalized spacial score (nSPS) is 10.8. The number of ether oxygens (including phenoxy) is 2. The molecule has 0 N–H and O–H groups in total. The predicted octanol–water partition coefficient (Wildman–Crippen LogP) is 5.18. The number of halogens is 2. The molecule has 0 aliphatic heterocycles. The van der Waals surface area contributed by atoms with Gasteiger partial charge in [0, 0.05) is 11.6 Å². The van der Waals surface area contributed by atoms with Crippen LogP contribution in [0.2, 0.25) is 10.0 Å². The van der Waals surface area contributed by atoms with E-state index < -0.39 is 0 Å². The molecule has 0 unspecified atom stereocenters. The third-order valence-electron chi connectivity index (χ3n) is 2.85. The average Bonchev–Trinajstić information content (AvgIpc) is 2.48. The molecule has 0 aliphatic carbocycles. The van der Waals surface area contributed by atoms with E-state index in [-0.39, 0.29) is 0 Å². The van der Waals surface area contributed by atoms with Gasteiger partial charge in [-0.25, -0.2) is 0 Å². The van der Waals surface area contributed by atoms with Gasteiger partial charge >= 0.3 is 0 Å². The van der Waals surface area contributed by atoms with Crippen molar-refractivity contribution >= 4 is 35.4 Å². The zero-order valence-electron chi connectivity index (χ0n) is 11.2. The van der Waals surface area contributed by atoms with E-state index in [9.17, 15) is 0 Å². The monoisotopic (exact) mass is 308 g/mol. The van der Waals surface area contributed by atoms with Crippen LogP contribution in [-0.2, 0) is 0 Å². The lowest BCUT2D eigenvalue weighted by Crippen LogP contribution is -1.92. The number of rotatable bonds is 4. The molecule has 104 valence electrons. The molecule has 0 heterocycles. The van der Waals surface area contributed by atoms with Gasteiger partial charge in [0.05, 0.1) is 24.3 Å². The van der Waals surface area contributed by atoms with Crippen LogP contribution in [0, 0.1) is 0 Å². The minimum Gasteiger partial charge on any atom is -0.495 e. The zero-order valence-corrected chi connectivity index (χ0v) is 12.7. The third-order valence-corrected chi connectivity index (χ3v) is 3.63. The van der Waals surface area contributed by atoms with Gasteiger partial charge in [-0.15, -0.1) is 0 Å². The molecule has 0 aliphatic rings. The quantitative estimate of drug-likeness (QED) is 0.724. The summed E-state index contributed by atoms with van der Waals surface area (Å²) in [6.07, 6.45) is 3.79. The highest BCUT2D eigenvalue weighted by molar-refractivity contribution is 6.39. The maximum atomic E-state index is 6.29. The Kier molecular flexibility index (Phi) is 4.94. The Morgan fingerprint density at radius 1 is 0.850 bits per heavy atom. The van der Waals surface area contributed by atoms with Gasteiger partial charge in [0.1, 0.15) is 11.5 Å². The first kappa shape index (κ1) is 14.8. The number of hydrogen-bond acceptors (Lipinski definition) is 2. The Balaban J connectivity index is 2.47. The maximum Gasteiger partial charge on any atom is 0.141 e. The Morgan fingerprint density at radius 3 is 1.90 bits per heavy atom. The SMILES string of the molecule is COc1cc(OC)c(Cl)c(/C=C/c2ccccc2)c1Cl. The minimum absolute atomic E-state index is 0.463.